The summed E-state index contributed by atoms with van der Waals surface area (Å²) >= 11 is 0. The van der Waals surface area contributed by atoms with Crippen molar-refractivity contribution in [3.8, 4) is 0 Å². The standard InChI is InChI=1S/C24H34O/c1-17(21-15-7-11-19-9-3-5-13-23(19)21)25-18(2)22-16-8-12-20-10-4-6-14-24(20)22/h21-22H,1-16H2/t21-,22-/m0/s1. The first-order valence-electron chi connectivity index (χ1n) is 10.7. The van der Waals surface area contributed by atoms with Crippen molar-refractivity contribution in [2.75, 3.05) is 0 Å². The summed E-state index contributed by atoms with van der Waals surface area (Å²) in [6.45, 7) is 8.75. The second kappa shape index (κ2) is 7.56. The minimum absolute atomic E-state index is 0.462. The lowest BCUT2D eigenvalue weighted by atomic mass is 9.74. The summed E-state index contributed by atoms with van der Waals surface area (Å²) in [5.74, 6) is 2.90. The first kappa shape index (κ1) is 17.2. The average molecular weight is 339 g/mol. The molecule has 25 heavy (non-hydrogen) atoms. The van der Waals surface area contributed by atoms with Gasteiger partial charge in [-0.1, -0.05) is 35.5 Å². The molecule has 4 aliphatic rings. The molecule has 0 aromatic heterocycles. The predicted octanol–water partition coefficient (Wildman–Crippen LogP) is 7.37. The highest BCUT2D eigenvalue weighted by molar-refractivity contribution is 5.30. The minimum Gasteiger partial charge on any atom is -0.466 e. The summed E-state index contributed by atoms with van der Waals surface area (Å²) in [7, 11) is 0. The summed E-state index contributed by atoms with van der Waals surface area (Å²) < 4.78 is 6.37. The summed E-state index contributed by atoms with van der Waals surface area (Å²) in [5.41, 5.74) is 6.81. The Morgan fingerprint density at radius 1 is 0.600 bits per heavy atom. The number of allylic oxidation sites excluding steroid dienone is 4. The highest BCUT2D eigenvalue weighted by atomic mass is 16.5. The van der Waals surface area contributed by atoms with Crippen LogP contribution in [-0.4, -0.2) is 0 Å². The van der Waals surface area contributed by atoms with Gasteiger partial charge in [0.1, 0.15) is 11.5 Å². The Labute approximate surface area is 153 Å². The first-order valence-corrected chi connectivity index (χ1v) is 10.7. The molecule has 0 fully saturated rings. The molecular formula is C24H34O. The van der Waals surface area contributed by atoms with Crippen LogP contribution in [0, 0.1) is 11.8 Å². The Balaban J connectivity index is 1.46. The van der Waals surface area contributed by atoms with Gasteiger partial charge in [0, 0.05) is 11.8 Å². The van der Waals surface area contributed by atoms with E-state index in [9.17, 15) is 0 Å². The summed E-state index contributed by atoms with van der Waals surface area (Å²) in [6, 6.07) is 0. The summed E-state index contributed by atoms with van der Waals surface area (Å²) in [6.07, 6.45) is 18.3. The van der Waals surface area contributed by atoms with Crippen molar-refractivity contribution in [2.24, 2.45) is 11.8 Å². The smallest absolute Gasteiger partial charge is 0.104 e. The lowest BCUT2D eigenvalue weighted by molar-refractivity contribution is 0.216. The maximum Gasteiger partial charge on any atom is 0.104 e. The van der Waals surface area contributed by atoms with Crippen molar-refractivity contribution < 1.29 is 4.74 Å². The summed E-state index contributed by atoms with van der Waals surface area (Å²) in [4.78, 5) is 0. The first-order chi connectivity index (χ1) is 12.2. The molecule has 0 aromatic rings. The Morgan fingerprint density at radius 2 is 1.00 bits per heavy atom. The zero-order chi connectivity index (χ0) is 17.2. The quantitative estimate of drug-likeness (QED) is 0.384. The van der Waals surface area contributed by atoms with Gasteiger partial charge in [-0.15, -0.1) is 0 Å². The van der Waals surface area contributed by atoms with E-state index in [-0.39, 0.29) is 0 Å². The molecular weight excluding hydrogens is 304 g/mol. The molecule has 0 saturated heterocycles. The Bertz CT molecular complexity index is 556. The number of rotatable bonds is 4. The molecule has 136 valence electrons. The van der Waals surface area contributed by atoms with Gasteiger partial charge < -0.3 is 4.74 Å². The SMILES string of the molecule is C=C(OC(=C)[C@@H]1CCCC2=C1CCCC2)[C@@H]1CCCC2=C1CCCC2. The van der Waals surface area contributed by atoms with E-state index in [0.717, 1.165) is 11.5 Å². The minimum atomic E-state index is 0.462. The molecule has 0 aliphatic heterocycles. The van der Waals surface area contributed by atoms with E-state index in [4.69, 9.17) is 4.74 Å². The molecule has 0 saturated carbocycles. The third-order valence-corrected chi connectivity index (χ3v) is 7.08. The van der Waals surface area contributed by atoms with Gasteiger partial charge in [0.25, 0.3) is 0 Å². The molecule has 0 heterocycles. The number of hydrogen-bond donors (Lipinski definition) is 0. The second-order valence-electron chi connectivity index (χ2n) is 8.60. The normalized spacial score (nSPS) is 29.8. The zero-order valence-corrected chi connectivity index (χ0v) is 15.9. The van der Waals surface area contributed by atoms with E-state index in [1.165, 1.54) is 89.9 Å². The van der Waals surface area contributed by atoms with Gasteiger partial charge in [-0.3, -0.25) is 0 Å². The Kier molecular flexibility index (Phi) is 5.20. The molecule has 4 rings (SSSR count). The van der Waals surface area contributed by atoms with E-state index in [2.05, 4.69) is 13.2 Å². The van der Waals surface area contributed by atoms with Crippen molar-refractivity contribution in [2.45, 2.75) is 89.9 Å². The van der Waals surface area contributed by atoms with Crippen LogP contribution in [0.3, 0.4) is 0 Å². The van der Waals surface area contributed by atoms with Gasteiger partial charge >= 0.3 is 0 Å². The van der Waals surface area contributed by atoms with Gasteiger partial charge in [0.15, 0.2) is 0 Å². The van der Waals surface area contributed by atoms with Gasteiger partial charge in [-0.05, 0) is 89.9 Å². The van der Waals surface area contributed by atoms with Crippen LogP contribution in [0.25, 0.3) is 0 Å². The molecule has 0 aromatic carbocycles. The number of hydrogen-bond acceptors (Lipinski definition) is 1. The van der Waals surface area contributed by atoms with Gasteiger partial charge in [-0.2, -0.15) is 0 Å². The van der Waals surface area contributed by atoms with Crippen molar-refractivity contribution in [3.05, 3.63) is 47.0 Å². The fourth-order valence-electron chi connectivity index (χ4n) is 5.80. The molecule has 0 N–H and O–H groups in total. The van der Waals surface area contributed by atoms with Crippen molar-refractivity contribution in [1.29, 1.82) is 0 Å². The third-order valence-electron chi connectivity index (χ3n) is 7.08. The van der Waals surface area contributed by atoms with Gasteiger partial charge in [0.2, 0.25) is 0 Å². The molecule has 2 atom stereocenters. The molecule has 0 spiro atoms. The monoisotopic (exact) mass is 338 g/mol. The molecule has 0 radical (unpaired) electrons. The van der Waals surface area contributed by atoms with Crippen LogP contribution < -0.4 is 0 Å². The van der Waals surface area contributed by atoms with Crippen molar-refractivity contribution in [1.82, 2.24) is 0 Å². The maximum absolute atomic E-state index is 6.37. The largest absolute Gasteiger partial charge is 0.466 e. The molecule has 0 unspecified atom stereocenters. The van der Waals surface area contributed by atoms with Crippen LogP contribution >= 0.6 is 0 Å². The highest BCUT2D eigenvalue weighted by Gasteiger charge is 2.31. The van der Waals surface area contributed by atoms with E-state index in [1.54, 1.807) is 22.3 Å². The van der Waals surface area contributed by atoms with Crippen LogP contribution in [0.5, 0.6) is 0 Å². The van der Waals surface area contributed by atoms with E-state index < -0.39 is 0 Å². The fourth-order valence-corrected chi connectivity index (χ4v) is 5.80. The predicted molar refractivity (Wildman–Crippen MR) is 105 cm³/mol. The maximum atomic E-state index is 6.37. The van der Waals surface area contributed by atoms with Crippen LogP contribution in [0.4, 0.5) is 0 Å². The lowest BCUT2D eigenvalue weighted by Gasteiger charge is -2.36. The van der Waals surface area contributed by atoms with E-state index in [1.807, 2.05) is 0 Å². The lowest BCUT2D eigenvalue weighted by Crippen LogP contribution is -2.21. The van der Waals surface area contributed by atoms with Crippen LogP contribution in [0.15, 0.2) is 47.0 Å². The van der Waals surface area contributed by atoms with Crippen LogP contribution in [-0.2, 0) is 4.74 Å². The highest BCUT2D eigenvalue weighted by Crippen LogP contribution is 2.45. The fraction of sp³-hybridized carbons (Fsp3) is 0.667. The summed E-state index contributed by atoms with van der Waals surface area (Å²) in [5, 5.41) is 0. The average Bonchev–Trinajstić information content (AvgIpc) is 2.67. The Morgan fingerprint density at radius 3 is 1.48 bits per heavy atom. The Hall–Kier alpha value is -1.24. The number of ether oxygens (including phenoxy) is 1. The molecule has 1 nitrogen and oxygen atoms in total. The van der Waals surface area contributed by atoms with Crippen LogP contribution in [0.1, 0.15) is 89.9 Å². The second-order valence-corrected chi connectivity index (χ2v) is 8.60. The van der Waals surface area contributed by atoms with Crippen molar-refractivity contribution >= 4 is 0 Å². The molecule has 1 heteroatoms. The van der Waals surface area contributed by atoms with E-state index in [0.29, 0.717) is 11.8 Å². The third kappa shape index (κ3) is 3.52. The molecule has 4 aliphatic carbocycles. The van der Waals surface area contributed by atoms with Gasteiger partial charge in [-0.25, -0.2) is 0 Å². The van der Waals surface area contributed by atoms with Crippen LogP contribution in [0.2, 0.25) is 0 Å². The van der Waals surface area contributed by atoms with Gasteiger partial charge in [0.05, 0.1) is 0 Å². The van der Waals surface area contributed by atoms with Crippen molar-refractivity contribution in [3.63, 3.8) is 0 Å². The zero-order valence-electron chi connectivity index (χ0n) is 15.9. The molecule has 0 bridgehead atoms. The van der Waals surface area contributed by atoms with E-state index >= 15 is 0 Å². The molecule has 0 amide bonds. The topological polar surface area (TPSA) is 9.23 Å².